The third-order valence-electron chi connectivity index (χ3n) is 1.82. The Kier molecular flexibility index (Phi) is 2.96. The fraction of sp³-hybridized carbons (Fsp3) is 0.400. The molecule has 0 spiro atoms. The highest BCUT2D eigenvalue weighted by Gasteiger charge is 1.96. The zero-order valence-corrected chi connectivity index (χ0v) is 7.22. The number of hydrogen-bond donors (Lipinski definition) is 1. The molecular formula is C10H15N. The summed E-state index contributed by atoms with van der Waals surface area (Å²) in [6.45, 7) is 5.25. The van der Waals surface area contributed by atoms with Gasteiger partial charge in [-0.3, -0.25) is 0 Å². The molecule has 1 rings (SSSR count). The molecule has 0 aromatic rings. The van der Waals surface area contributed by atoms with Crippen LogP contribution in [0.4, 0.5) is 0 Å². The molecule has 0 bridgehead atoms. The SMILES string of the molecule is C/C=C(C)\C=C/C1=CCCN1. The Morgan fingerprint density at radius 3 is 3.00 bits per heavy atom. The summed E-state index contributed by atoms with van der Waals surface area (Å²) in [7, 11) is 0. The minimum absolute atomic E-state index is 1.09. The maximum atomic E-state index is 3.28. The highest BCUT2D eigenvalue weighted by molar-refractivity contribution is 5.27. The van der Waals surface area contributed by atoms with Crippen LogP contribution in [0, 0.1) is 0 Å². The first-order valence-electron chi connectivity index (χ1n) is 4.08. The van der Waals surface area contributed by atoms with Crippen LogP contribution in [-0.4, -0.2) is 6.54 Å². The van der Waals surface area contributed by atoms with E-state index in [1.807, 2.05) is 0 Å². The van der Waals surface area contributed by atoms with E-state index in [2.05, 4.69) is 43.5 Å². The molecule has 1 aliphatic heterocycles. The summed E-state index contributed by atoms with van der Waals surface area (Å²) < 4.78 is 0. The van der Waals surface area contributed by atoms with Crippen molar-refractivity contribution in [3.05, 3.63) is 35.6 Å². The van der Waals surface area contributed by atoms with E-state index in [-0.39, 0.29) is 0 Å². The van der Waals surface area contributed by atoms with Gasteiger partial charge >= 0.3 is 0 Å². The molecule has 0 atom stereocenters. The lowest BCUT2D eigenvalue weighted by Crippen LogP contribution is -2.04. The van der Waals surface area contributed by atoms with Gasteiger partial charge in [-0.05, 0) is 26.3 Å². The molecule has 0 amide bonds. The molecule has 0 aromatic heterocycles. The summed E-state index contributed by atoms with van der Waals surface area (Å²) >= 11 is 0. The molecule has 11 heavy (non-hydrogen) atoms. The van der Waals surface area contributed by atoms with Crippen molar-refractivity contribution in [3.63, 3.8) is 0 Å². The molecule has 0 aliphatic carbocycles. The normalized spacial score (nSPS) is 18.7. The maximum Gasteiger partial charge on any atom is 0.0300 e. The lowest BCUT2D eigenvalue weighted by atomic mass is 10.2. The molecule has 1 aliphatic rings. The lowest BCUT2D eigenvalue weighted by molar-refractivity contribution is 0.892. The third kappa shape index (κ3) is 2.62. The van der Waals surface area contributed by atoms with Crippen LogP contribution in [0.1, 0.15) is 20.3 Å². The Balaban J connectivity index is 2.46. The Labute approximate surface area is 68.5 Å². The van der Waals surface area contributed by atoms with Gasteiger partial charge in [0.1, 0.15) is 0 Å². The largest absolute Gasteiger partial charge is 0.385 e. The van der Waals surface area contributed by atoms with Crippen molar-refractivity contribution in [2.45, 2.75) is 20.3 Å². The van der Waals surface area contributed by atoms with E-state index in [9.17, 15) is 0 Å². The average Bonchev–Trinajstić information content (AvgIpc) is 2.52. The van der Waals surface area contributed by atoms with Gasteiger partial charge in [0.15, 0.2) is 0 Å². The molecule has 1 nitrogen and oxygen atoms in total. The van der Waals surface area contributed by atoms with Crippen LogP contribution in [0.3, 0.4) is 0 Å². The van der Waals surface area contributed by atoms with Gasteiger partial charge in [-0.15, -0.1) is 0 Å². The van der Waals surface area contributed by atoms with Gasteiger partial charge in [-0.1, -0.05) is 23.8 Å². The van der Waals surface area contributed by atoms with Gasteiger partial charge in [0.05, 0.1) is 0 Å². The van der Waals surface area contributed by atoms with Crippen molar-refractivity contribution >= 4 is 0 Å². The summed E-state index contributed by atoms with van der Waals surface area (Å²) in [5.41, 5.74) is 2.56. The quantitative estimate of drug-likeness (QED) is 0.594. The molecule has 0 radical (unpaired) electrons. The smallest absolute Gasteiger partial charge is 0.0300 e. The maximum absolute atomic E-state index is 3.28. The van der Waals surface area contributed by atoms with Crippen LogP contribution in [-0.2, 0) is 0 Å². The monoisotopic (exact) mass is 149 g/mol. The molecule has 1 N–H and O–H groups in total. The summed E-state index contributed by atoms with van der Waals surface area (Å²) in [4.78, 5) is 0. The van der Waals surface area contributed by atoms with E-state index >= 15 is 0 Å². The number of rotatable bonds is 2. The predicted molar refractivity (Wildman–Crippen MR) is 49.3 cm³/mol. The molecule has 0 unspecified atom stereocenters. The standard InChI is InChI=1S/C10H15N/c1-3-9(2)6-7-10-5-4-8-11-10/h3,5-7,11H,4,8H2,1-2H3/b7-6-,9-3-. The van der Waals surface area contributed by atoms with Crippen molar-refractivity contribution in [2.75, 3.05) is 6.54 Å². The van der Waals surface area contributed by atoms with Crippen molar-refractivity contribution in [3.8, 4) is 0 Å². The second kappa shape index (κ2) is 4.02. The average molecular weight is 149 g/mol. The van der Waals surface area contributed by atoms with Crippen molar-refractivity contribution in [1.29, 1.82) is 0 Å². The summed E-state index contributed by atoms with van der Waals surface area (Å²) in [5.74, 6) is 0. The van der Waals surface area contributed by atoms with E-state index in [0.717, 1.165) is 13.0 Å². The summed E-state index contributed by atoms with van der Waals surface area (Å²) in [6.07, 6.45) is 9.74. The van der Waals surface area contributed by atoms with Crippen molar-refractivity contribution in [2.24, 2.45) is 0 Å². The van der Waals surface area contributed by atoms with Gasteiger partial charge in [-0.25, -0.2) is 0 Å². The molecule has 1 heteroatoms. The van der Waals surface area contributed by atoms with Crippen LogP contribution in [0.25, 0.3) is 0 Å². The Hall–Kier alpha value is -0.980. The van der Waals surface area contributed by atoms with Gasteiger partial charge in [0.25, 0.3) is 0 Å². The highest BCUT2D eigenvalue weighted by Crippen LogP contribution is 2.04. The van der Waals surface area contributed by atoms with E-state index in [0.29, 0.717) is 0 Å². The zero-order chi connectivity index (χ0) is 8.10. The van der Waals surface area contributed by atoms with Gasteiger partial charge < -0.3 is 5.32 Å². The molecule has 0 saturated carbocycles. The first-order valence-corrected chi connectivity index (χ1v) is 4.08. The zero-order valence-electron chi connectivity index (χ0n) is 7.22. The topological polar surface area (TPSA) is 12.0 Å². The Bertz CT molecular complexity index is 209. The number of hydrogen-bond acceptors (Lipinski definition) is 1. The van der Waals surface area contributed by atoms with Crippen LogP contribution < -0.4 is 5.32 Å². The number of nitrogens with one attached hydrogen (secondary N) is 1. The van der Waals surface area contributed by atoms with Crippen LogP contribution >= 0.6 is 0 Å². The molecular weight excluding hydrogens is 134 g/mol. The van der Waals surface area contributed by atoms with Crippen LogP contribution in [0.5, 0.6) is 0 Å². The second-order valence-corrected chi connectivity index (χ2v) is 2.74. The van der Waals surface area contributed by atoms with Crippen molar-refractivity contribution in [1.82, 2.24) is 5.32 Å². The molecule has 1 heterocycles. The minimum Gasteiger partial charge on any atom is -0.385 e. The molecule has 0 aromatic carbocycles. The summed E-state index contributed by atoms with van der Waals surface area (Å²) in [6, 6.07) is 0. The van der Waals surface area contributed by atoms with E-state index < -0.39 is 0 Å². The fourth-order valence-electron chi connectivity index (χ4n) is 0.961. The van der Waals surface area contributed by atoms with Crippen LogP contribution in [0.15, 0.2) is 35.6 Å². The van der Waals surface area contributed by atoms with Crippen LogP contribution in [0.2, 0.25) is 0 Å². The minimum atomic E-state index is 1.09. The van der Waals surface area contributed by atoms with Gasteiger partial charge in [0.2, 0.25) is 0 Å². The predicted octanol–water partition coefficient (Wildman–Crippen LogP) is 2.39. The third-order valence-corrected chi connectivity index (χ3v) is 1.82. The lowest BCUT2D eigenvalue weighted by Gasteiger charge is -1.95. The first kappa shape index (κ1) is 8.12. The van der Waals surface area contributed by atoms with Gasteiger partial charge in [0, 0.05) is 12.2 Å². The number of allylic oxidation sites excluding steroid dienone is 4. The highest BCUT2D eigenvalue weighted by atomic mass is 14.9. The van der Waals surface area contributed by atoms with E-state index in [1.54, 1.807) is 0 Å². The van der Waals surface area contributed by atoms with E-state index in [4.69, 9.17) is 0 Å². The van der Waals surface area contributed by atoms with Gasteiger partial charge in [-0.2, -0.15) is 0 Å². The Morgan fingerprint density at radius 2 is 2.45 bits per heavy atom. The van der Waals surface area contributed by atoms with E-state index in [1.165, 1.54) is 11.3 Å². The summed E-state index contributed by atoms with van der Waals surface area (Å²) in [5, 5.41) is 3.28. The second-order valence-electron chi connectivity index (χ2n) is 2.74. The van der Waals surface area contributed by atoms with Crippen molar-refractivity contribution < 1.29 is 0 Å². The molecule has 0 fully saturated rings. The molecule has 60 valence electrons. The Morgan fingerprint density at radius 1 is 1.64 bits per heavy atom. The fourth-order valence-corrected chi connectivity index (χ4v) is 0.961. The first-order chi connectivity index (χ1) is 5.33. The molecule has 0 saturated heterocycles.